The average molecular weight is 469 g/mol. The number of rotatable bonds is 9. The van der Waals surface area contributed by atoms with Crippen molar-refractivity contribution in [2.45, 2.75) is 31.9 Å². The number of ether oxygens (including phenoxy) is 5. The van der Waals surface area contributed by atoms with Crippen molar-refractivity contribution in [1.29, 1.82) is 0 Å². The first kappa shape index (κ1) is 23.9. The SMILES string of the molecule is COc1ccc(/C=C\c2cc(OC)c3c(c2)OCO3)cc1NC(=O)[C@H](C)[C@@H](OC)[C@@H]1CCCN1. The Hall–Kier alpha value is -3.23. The molecule has 0 radical (unpaired) electrons. The third-order valence-corrected chi connectivity index (χ3v) is 6.30. The summed E-state index contributed by atoms with van der Waals surface area (Å²) >= 11 is 0. The normalized spacial score (nSPS) is 18.6. The summed E-state index contributed by atoms with van der Waals surface area (Å²) in [6.45, 7) is 3.03. The first-order valence-corrected chi connectivity index (χ1v) is 11.4. The fourth-order valence-corrected chi connectivity index (χ4v) is 4.47. The minimum atomic E-state index is -0.328. The van der Waals surface area contributed by atoms with Gasteiger partial charge in [-0.05, 0) is 54.8 Å². The molecule has 0 spiro atoms. The van der Waals surface area contributed by atoms with E-state index in [1.165, 1.54) is 0 Å². The molecule has 3 atom stereocenters. The highest BCUT2D eigenvalue weighted by Gasteiger charge is 2.33. The van der Waals surface area contributed by atoms with Crippen molar-refractivity contribution in [3.05, 3.63) is 41.5 Å². The summed E-state index contributed by atoms with van der Waals surface area (Å²) in [6, 6.07) is 9.63. The quantitative estimate of drug-likeness (QED) is 0.539. The Kier molecular flexibility index (Phi) is 7.59. The van der Waals surface area contributed by atoms with Crippen LogP contribution in [0.4, 0.5) is 5.69 Å². The highest BCUT2D eigenvalue weighted by molar-refractivity contribution is 5.94. The lowest BCUT2D eigenvalue weighted by molar-refractivity contribution is -0.124. The smallest absolute Gasteiger partial charge is 0.231 e. The predicted octanol–water partition coefficient (Wildman–Crippen LogP) is 3.94. The second-order valence-corrected chi connectivity index (χ2v) is 8.43. The molecule has 1 saturated heterocycles. The maximum atomic E-state index is 13.1. The number of hydrogen-bond donors (Lipinski definition) is 2. The van der Waals surface area contributed by atoms with Gasteiger partial charge in [0.15, 0.2) is 11.5 Å². The van der Waals surface area contributed by atoms with Crippen LogP contribution in [0.3, 0.4) is 0 Å². The van der Waals surface area contributed by atoms with E-state index in [-0.39, 0.29) is 30.8 Å². The molecule has 1 fully saturated rings. The Balaban J connectivity index is 1.51. The number of amides is 1. The molecule has 8 heteroatoms. The second-order valence-electron chi connectivity index (χ2n) is 8.43. The van der Waals surface area contributed by atoms with Crippen LogP contribution >= 0.6 is 0 Å². The average Bonchev–Trinajstić information content (AvgIpc) is 3.55. The van der Waals surface area contributed by atoms with Crippen molar-refractivity contribution in [3.8, 4) is 23.0 Å². The van der Waals surface area contributed by atoms with E-state index < -0.39 is 0 Å². The third-order valence-electron chi connectivity index (χ3n) is 6.30. The van der Waals surface area contributed by atoms with E-state index >= 15 is 0 Å². The van der Waals surface area contributed by atoms with Gasteiger partial charge < -0.3 is 34.3 Å². The van der Waals surface area contributed by atoms with Crippen LogP contribution in [-0.4, -0.2) is 52.7 Å². The topological polar surface area (TPSA) is 87.3 Å². The zero-order valence-corrected chi connectivity index (χ0v) is 20.1. The van der Waals surface area contributed by atoms with Gasteiger partial charge in [0.2, 0.25) is 18.4 Å². The molecular formula is C26H32N2O6. The summed E-state index contributed by atoms with van der Waals surface area (Å²) in [6.07, 6.45) is 5.81. The number of fused-ring (bicyclic) bond motifs is 1. The number of anilines is 1. The van der Waals surface area contributed by atoms with E-state index in [1.807, 2.05) is 49.4 Å². The molecule has 34 heavy (non-hydrogen) atoms. The largest absolute Gasteiger partial charge is 0.495 e. The van der Waals surface area contributed by atoms with Crippen molar-refractivity contribution in [2.75, 3.05) is 40.0 Å². The van der Waals surface area contributed by atoms with E-state index in [1.54, 1.807) is 21.3 Å². The maximum Gasteiger partial charge on any atom is 0.231 e. The van der Waals surface area contributed by atoms with Crippen LogP contribution < -0.4 is 29.6 Å². The van der Waals surface area contributed by atoms with Gasteiger partial charge in [0.05, 0.1) is 31.9 Å². The zero-order chi connectivity index (χ0) is 24.1. The van der Waals surface area contributed by atoms with Crippen LogP contribution in [0, 0.1) is 5.92 Å². The monoisotopic (exact) mass is 468 g/mol. The summed E-state index contributed by atoms with van der Waals surface area (Å²) in [5, 5.41) is 6.46. The van der Waals surface area contributed by atoms with Crippen LogP contribution in [0.15, 0.2) is 30.3 Å². The van der Waals surface area contributed by atoms with Crippen molar-refractivity contribution in [2.24, 2.45) is 5.92 Å². The molecule has 2 aliphatic rings. The maximum absolute atomic E-state index is 13.1. The standard InChI is InChI=1S/C26H32N2O6/c1-16(24(32-4)19-6-5-11-27-19)26(29)28-20-12-17(9-10-21(20)30-2)7-8-18-13-22(31-3)25-23(14-18)33-15-34-25/h7-10,12-14,16,19,24,27H,5-6,11,15H2,1-4H3,(H,28,29)/b8-7-/t16-,19+,24-/m1/s1. The summed E-state index contributed by atoms with van der Waals surface area (Å²) in [7, 11) is 4.84. The lowest BCUT2D eigenvalue weighted by atomic mass is 9.95. The highest BCUT2D eigenvalue weighted by atomic mass is 16.7. The number of carbonyl (C=O) groups is 1. The van der Waals surface area contributed by atoms with Gasteiger partial charge in [-0.25, -0.2) is 0 Å². The Bertz CT molecular complexity index is 1050. The number of benzene rings is 2. The number of methoxy groups -OCH3 is 3. The Morgan fingerprint density at radius 1 is 1.09 bits per heavy atom. The van der Waals surface area contributed by atoms with Gasteiger partial charge in [-0.3, -0.25) is 4.79 Å². The van der Waals surface area contributed by atoms with Crippen molar-refractivity contribution in [1.82, 2.24) is 5.32 Å². The highest BCUT2D eigenvalue weighted by Crippen LogP contribution is 2.42. The molecule has 182 valence electrons. The first-order chi connectivity index (χ1) is 16.5. The van der Waals surface area contributed by atoms with Crippen LogP contribution in [0.5, 0.6) is 23.0 Å². The van der Waals surface area contributed by atoms with Crippen molar-refractivity contribution in [3.63, 3.8) is 0 Å². The van der Waals surface area contributed by atoms with E-state index in [0.29, 0.717) is 28.7 Å². The summed E-state index contributed by atoms with van der Waals surface area (Å²) in [5.41, 5.74) is 2.42. The number of hydrogen-bond acceptors (Lipinski definition) is 7. The van der Waals surface area contributed by atoms with Crippen LogP contribution in [-0.2, 0) is 9.53 Å². The molecule has 2 N–H and O–H groups in total. The number of carbonyl (C=O) groups excluding carboxylic acids is 1. The fourth-order valence-electron chi connectivity index (χ4n) is 4.47. The molecule has 4 rings (SSSR count). The van der Waals surface area contributed by atoms with Crippen molar-refractivity contribution < 1.29 is 28.5 Å². The molecular weight excluding hydrogens is 436 g/mol. The van der Waals surface area contributed by atoms with Gasteiger partial charge in [-0.2, -0.15) is 0 Å². The molecule has 2 aliphatic heterocycles. The summed E-state index contributed by atoms with van der Waals surface area (Å²) in [4.78, 5) is 13.1. The van der Waals surface area contributed by atoms with Crippen molar-refractivity contribution >= 4 is 23.7 Å². The molecule has 2 aromatic rings. The van der Waals surface area contributed by atoms with Gasteiger partial charge in [0.1, 0.15) is 5.75 Å². The molecule has 0 unspecified atom stereocenters. The molecule has 0 aliphatic carbocycles. The van der Waals surface area contributed by atoms with E-state index in [2.05, 4.69) is 10.6 Å². The first-order valence-electron chi connectivity index (χ1n) is 11.4. The second kappa shape index (κ2) is 10.8. The molecule has 2 aromatic carbocycles. The lowest BCUT2D eigenvalue weighted by Crippen LogP contribution is -2.44. The number of nitrogens with one attached hydrogen (secondary N) is 2. The van der Waals surface area contributed by atoms with Crippen LogP contribution in [0.2, 0.25) is 0 Å². The molecule has 8 nitrogen and oxygen atoms in total. The van der Waals surface area contributed by atoms with Crippen LogP contribution in [0.25, 0.3) is 12.2 Å². The van der Waals surface area contributed by atoms with Crippen LogP contribution in [0.1, 0.15) is 30.9 Å². The molecule has 1 amide bonds. The molecule has 0 aromatic heterocycles. The third kappa shape index (κ3) is 5.13. The molecule has 0 bridgehead atoms. The lowest BCUT2D eigenvalue weighted by Gasteiger charge is -2.27. The Morgan fingerprint density at radius 3 is 2.59 bits per heavy atom. The fraction of sp³-hybridized carbons (Fsp3) is 0.423. The van der Waals surface area contributed by atoms with Gasteiger partial charge >= 0.3 is 0 Å². The molecule has 0 saturated carbocycles. The minimum absolute atomic E-state index is 0.111. The predicted molar refractivity (Wildman–Crippen MR) is 131 cm³/mol. The van der Waals surface area contributed by atoms with Gasteiger partial charge in [-0.1, -0.05) is 25.1 Å². The van der Waals surface area contributed by atoms with Gasteiger partial charge in [0.25, 0.3) is 0 Å². The zero-order valence-electron chi connectivity index (χ0n) is 20.1. The summed E-state index contributed by atoms with van der Waals surface area (Å²) in [5.74, 6) is 2.04. The van der Waals surface area contributed by atoms with E-state index in [0.717, 1.165) is 30.5 Å². The van der Waals surface area contributed by atoms with Gasteiger partial charge in [0, 0.05) is 13.2 Å². The Labute approximate surface area is 200 Å². The van der Waals surface area contributed by atoms with E-state index in [9.17, 15) is 4.79 Å². The van der Waals surface area contributed by atoms with E-state index in [4.69, 9.17) is 23.7 Å². The molecule has 2 heterocycles. The Morgan fingerprint density at radius 2 is 1.88 bits per heavy atom. The van der Waals surface area contributed by atoms with Gasteiger partial charge in [-0.15, -0.1) is 0 Å². The summed E-state index contributed by atoms with van der Waals surface area (Å²) < 4.78 is 27.5. The minimum Gasteiger partial charge on any atom is -0.495 e.